The van der Waals surface area contributed by atoms with Crippen LogP contribution < -0.4 is 5.73 Å². The van der Waals surface area contributed by atoms with Crippen LogP contribution in [-0.2, 0) is 0 Å². The van der Waals surface area contributed by atoms with E-state index in [0.29, 0.717) is 12.5 Å². The molecular weight excluding hydrogens is 178 g/mol. The first-order valence-corrected chi connectivity index (χ1v) is 5.21. The number of nitrogens with zero attached hydrogens (tertiary/aromatic N) is 3. The largest absolute Gasteiger partial charge is 0.330 e. The molecule has 14 heavy (non-hydrogen) atoms. The molecular formula is C9H19N5. The van der Waals surface area contributed by atoms with E-state index < -0.39 is 0 Å². The van der Waals surface area contributed by atoms with Crippen LogP contribution in [0, 0.1) is 5.92 Å². The molecule has 0 aromatic carbocycles. The fourth-order valence-corrected chi connectivity index (χ4v) is 1.76. The first kappa shape index (κ1) is 11.1. The summed E-state index contributed by atoms with van der Waals surface area (Å²) in [5.74, 6) is 1.76. The average Bonchev–Trinajstić information content (AvgIpc) is 2.67. The Morgan fingerprint density at radius 1 is 1.50 bits per heavy atom. The second kappa shape index (κ2) is 5.70. The number of rotatable bonds is 6. The molecule has 0 saturated heterocycles. The van der Waals surface area contributed by atoms with E-state index in [-0.39, 0.29) is 5.92 Å². The summed E-state index contributed by atoms with van der Waals surface area (Å²) in [5.41, 5.74) is 5.69. The SMILES string of the molecule is CCCC(C)CC(CN)c1nnn[nH]1. The Labute approximate surface area is 84.5 Å². The molecule has 1 heterocycles. The van der Waals surface area contributed by atoms with Crippen LogP contribution in [0.4, 0.5) is 0 Å². The van der Waals surface area contributed by atoms with Crippen LogP contribution in [0.5, 0.6) is 0 Å². The van der Waals surface area contributed by atoms with Gasteiger partial charge in [0.25, 0.3) is 0 Å². The summed E-state index contributed by atoms with van der Waals surface area (Å²) in [5, 5.41) is 13.8. The maximum absolute atomic E-state index is 5.69. The zero-order valence-electron chi connectivity index (χ0n) is 8.90. The lowest BCUT2D eigenvalue weighted by Gasteiger charge is -2.16. The predicted octanol–water partition coefficient (Wildman–Crippen LogP) is 1.07. The molecule has 2 atom stereocenters. The Hall–Kier alpha value is -0.970. The summed E-state index contributed by atoms with van der Waals surface area (Å²) >= 11 is 0. The van der Waals surface area contributed by atoms with Gasteiger partial charge in [0.15, 0.2) is 5.82 Å². The van der Waals surface area contributed by atoms with Crippen molar-refractivity contribution in [3.63, 3.8) is 0 Å². The Morgan fingerprint density at radius 2 is 2.29 bits per heavy atom. The van der Waals surface area contributed by atoms with Gasteiger partial charge in [0.05, 0.1) is 0 Å². The Bertz CT molecular complexity index is 233. The van der Waals surface area contributed by atoms with Crippen LogP contribution in [0.15, 0.2) is 0 Å². The molecule has 0 radical (unpaired) electrons. The van der Waals surface area contributed by atoms with Gasteiger partial charge in [-0.3, -0.25) is 0 Å². The van der Waals surface area contributed by atoms with Crippen molar-refractivity contribution in [2.75, 3.05) is 6.54 Å². The fraction of sp³-hybridized carbons (Fsp3) is 0.889. The van der Waals surface area contributed by atoms with Gasteiger partial charge in [0.2, 0.25) is 0 Å². The van der Waals surface area contributed by atoms with Crippen LogP contribution in [0.2, 0.25) is 0 Å². The number of nitrogens with two attached hydrogens (primary N) is 1. The van der Waals surface area contributed by atoms with Crippen molar-refractivity contribution in [3.8, 4) is 0 Å². The van der Waals surface area contributed by atoms with Gasteiger partial charge in [-0.25, -0.2) is 5.10 Å². The van der Waals surface area contributed by atoms with E-state index in [9.17, 15) is 0 Å². The molecule has 0 bridgehead atoms. The van der Waals surface area contributed by atoms with Gasteiger partial charge in [-0.15, -0.1) is 5.10 Å². The highest BCUT2D eigenvalue weighted by Gasteiger charge is 2.16. The van der Waals surface area contributed by atoms with Crippen molar-refractivity contribution in [1.82, 2.24) is 20.6 Å². The van der Waals surface area contributed by atoms with Crippen molar-refractivity contribution in [3.05, 3.63) is 5.82 Å². The highest BCUT2D eigenvalue weighted by Crippen LogP contribution is 2.21. The molecule has 5 nitrogen and oxygen atoms in total. The topological polar surface area (TPSA) is 80.5 Å². The van der Waals surface area contributed by atoms with E-state index in [4.69, 9.17) is 5.73 Å². The maximum atomic E-state index is 5.69. The van der Waals surface area contributed by atoms with Gasteiger partial charge in [0.1, 0.15) is 0 Å². The van der Waals surface area contributed by atoms with Crippen LogP contribution in [-0.4, -0.2) is 27.2 Å². The molecule has 0 aliphatic heterocycles. The van der Waals surface area contributed by atoms with Crippen molar-refractivity contribution >= 4 is 0 Å². The minimum atomic E-state index is 0.270. The molecule has 1 aromatic heterocycles. The summed E-state index contributed by atoms with van der Waals surface area (Å²) in [4.78, 5) is 0. The summed E-state index contributed by atoms with van der Waals surface area (Å²) in [7, 11) is 0. The number of nitrogens with one attached hydrogen (secondary N) is 1. The summed E-state index contributed by atoms with van der Waals surface area (Å²) in [6, 6.07) is 0. The van der Waals surface area contributed by atoms with Crippen molar-refractivity contribution in [2.45, 2.75) is 39.0 Å². The van der Waals surface area contributed by atoms with E-state index in [1.165, 1.54) is 12.8 Å². The van der Waals surface area contributed by atoms with Crippen LogP contribution in [0.25, 0.3) is 0 Å². The number of aromatic amines is 1. The number of aromatic nitrogens is 4. The molecule has 5 heteroatoms. The van der Waals surface area contributed by atoms with Gasteiger partial charge in [-0.1, -0.05) is 26.7 Å². The average molecular weight is 197 g/mol. The lowest BCUT2D eigenvalue weighted by atomic mass is 9.92. The quantitative estimate of drug-likeness (QED) is 0.714. The van der Waals surface area contributed by atoms with E-state index in [2.05, 4.69) is 34.5 Å². The molecule has 0 spiro atoms. The second-order valence-corrected chi connectivity index (χ2v) is 3.85. The molecule has 80 valence electrons. The summed E-state index contributed by atoms with van der Waals surface area (Å²) in [6.07, 6.45) is 3.51. The molecule has 0 fully saturated rings. The zero-order valence-corrected chi connectivity index (χ0v) is 8.90. The van der Waals surface area contributed by atoms with E-state index in [1.54, 1.807) is 0 Å². The summed E-state index contributed by atoms with van der Waals surface area (Å²) in [6.45, 7) is 5.05. The molecule has 1 aromatic rings. The molecule has 0 aliphatic rings. The molecule has 0 aliphatic carbocycles. The Kier molecular flexibility index (Phi) is 4.52. The molecule has 2 unspecified atom stereocenters. The van der Waals surface area contributed by atoms with Crippen molar-refractivity contribution in [1.29, 1.82) is 0 Å². The van der Waals surface area contributed by atoms with Gasteiger partial charge >= 0.3 is 0 Å². The smallest absolute Gasteiger partial charge is 0.152 e. The lowest BCUT2D eigenvalue weighted by molar-refractivity contribution is 0.428. The first-order valence-electron chi connectivity index (χ1n) is 5.21. The van der Waals surface area contributed by atoms with E-state index in [0.717, 1.165) is 12.2 Å². The molecule has 0 saturated carbocycles. The van der Waals surface area contributed by atoms with Crippen molar-refractivity contribution < 1.29 is 0 Å². The number of hydrogen-bond acceptors (Lipinski definition) is 4. The highest BCUT2D eigenvalue weighted by atomic mass is 15.5. The number of tetrazole rings is 1. The van der Waals surface area contributed by atoms with Gasteiger partial charge in [-0.05, 0) is 22.8 Å². The number of hydrogen-bond donors (Lipinski definition) is 2. The third kappa shape index (κ3) is 3.06. The lowest BCUT2D eigenvalue weighted by Crippen LogP contribution is -2.17. The molecule has 1 rings (SSSR count). The molecule has 3 N–H and O–H groups in total. The second-order valence-electron chi connectivity index (χ2n) is 3.85. The predicted molar refractivity (Wildman–Crippen MR) is 54.7 cm³/mol. The van der Waals surface area contributed by atoms with Gasteiger partial charge < -0.3 is 5.73 Å². The minimum Gasteiger partial charge on any atom is -0.330 e. The fourth-order valence-electron chi connectivity index (χ4n) is 1.76. The van der Waals surface area contributed by atoms with Crippen LogP contribution in [0.1, 0.15) is 44.9 Å². The highest BCUT2D eigenvalue weighted by molar-refractivity contribution is 4.92. The summed E-state index contributed by atoms with van der Waals surface area (Å²) < 4.78 is 0. The maximum Gasteiger partial charge on any atom is 0.152 e. The van der Waals surface area contributed by atoms with E-state index >= 15 is 0 Å². The number of H-pyrrole nitrogens is 1. The normalized spacial score (nSPS) is 15.4. The van der Waals surface area contributed by atoms with E-state index in [1.807, 2.05) is 0 Å². The standard InChI is InChI=1S/C9H19N5/c1-3-4-7(2)5-8(6-10)9-11-13-14-12-9/h7-8H,3-6,10H2,1-2H3,(H,11,12,13,14). The monoisotopic (exact) mass is 197 g/mol. The minimum absolute atomic E-state index is 0.270. The third-order valence-corrected chi connectivity index (χ3v) is 2.50. The van der Waals surface area contributed by atoms with Crippen LogP contribution >= 0.6 is 0 Å². The van der Waals surface area contributed by atoms with Crippen LogP contribution in [0.3, 0.4) is 0 Å². The Balaban J connectivity index is 2.47. The molecule has 0 amide bonds. The zero-order chi connectivity index (χ0) is 10.4. The van der Waals surface area contributed by atoms with Gasteiger partial charge in [-0.2, -0.15) is 0 Å². The third-order valence-electron chi connectivity index (χ3n) is 2.50. The first-order chi connectivity index (χ1) is 6.77. The van der Waals surface area contributed by atoms with Crippen molar-refractivity contribution in [2.24, 2.45) is 11.7 Å². The van der Waals surface area contributed by atoms with Gasteiger partial charge in [0, 0.05) is 12.5 Å². The Morgan fingerprint density at radius 3 is 2.79 bits per heavy atom.